The van der Waals surface area contributed by atoms with Crippen LogP contribution in [0, 0.1) is 11.6 Å². The predicted octanol–water partition coefficient (Wildman–Crippen LogP) is 5.00. The van der Waals surface area contributed by atoms with E-state index in [1.807, 2.05) is 19.0 Å². The van der Waals surface area contributed by atoms with Crippen molar-refractivity contribution in [1.29, 1.82) is 0 Å². The molecule has 0 aliphatic carbocycles. The van der Waals surface area contributed by atoms with Gasteiger partial charge < -0.3 is 19.0 Å². The Morgan fingerprint density at radius 2 is 1.92 bits per heavy atom. The SMILES string of the molecule is CN(C)CCOc1cc(F)cn2cc(C(=O)Nc3nc4cc(-c5cc(F)cc(Cl)c5)ccc4[nH]3)nc12. The largest absolute Gasteiger partial charge is 0.488 e. The lowest BCUT2D eigenvalue weighted by Gasteiger charge is -2.11. The number of pyridine rings is 1. The highest BCUT2D eigenvalue weighted by Gasteiger charge is 2.17. The molecule has 0 radical (unpaired) electrons. The Bertz CT molecular complexity index is 1580. The number of hydrogen-bond donors (Lipinski definition) is 2. The van der Waals surface area contributed by atoms with E-state index in [0.29, 0.717) is 40.4 Å². The van der Waals surface area contributed by atoms with Gasteiger partial charge in [0.25, 0.3) is 5.91 Å². The van der Waals surface area contributed by atoms with E-state index in [2.05, 4.69) is 20.3 Å². The first-order valence-corrected chi connectivity index (χ1v) is 11.4. The summed E-state index contributed by atoms with van der Waals surface area (Å²) in [6.07, 6.45) is 2.64. The van der Waals surface area contributed by atoms with Gasteiger partial charge in [-0.2, -0.15) is 0 Å². The zero-order chi connectivity index (χ0) is 25.4. The lowest BCUT2D eigenvalue weighted by atomic mass is 10.1. The van der Waals surface area contributed by atoms with Crippen molar-refractivity contribution in [3.05, 3.63) is 77.2 Å². The molecule has 5 rings (SSSR count). The van der Waals surface area contributed by atoms with E-state index in [-0.39, 0.29) is 17.4 Å². The highest BCUT2D eigenvalue weighted by molar-refractivity contribution is 6.30. The summed E-state index contributed by atoms with van der Waals surface area (Å²) >= 11 is 5.98. The Labute approximate surface area is 209 Å². The molecule has 0 spiro atoms. The van der Waals surface area contributed by atoms with Crippen molar-refractivity contribution < 1.29 is 18.3 Å². The van der Waals surface area contributed by atoms with Crippen LogP contribution < -0.4 is 10.1 Å². The molecule has 8 nitrogen and oxygen atoms in total. The van der Waals surface area contributed by atoms with Crippen molar-refractivity contribution in [3.8, 4) is 16.9 Å². The molecule has 0 aliphatic heterocycles. The number of likely N-dealkylation sites (N-methyl/N-ethyl adjacent to an activating group) is 1. The second-order valence-corrected chi connectivity index (χ2v) is 8.90. The molecule has 0 atom stereocenters. The fourth-order valence-electron chi connectivity index (χ4n) is 3.72. The molecule has 0 aliphatic rings. The van der Waals surface area contributed by atoms with Crippen molar-refractivity contribution in [2.75, 3.05) is 32.6 Å². The number of H-pyrrole nitrogens is 1. The van der Waals surface area contributed by atoms with Crippen LogP contribution in [0.15, 0.2) is 54.9 Å². The summed E-state index contributed by atoms with van der Waals surface area (Å²) < 4.78 is 34.9. The van der Waals surface area contributed by atoms with Crippen molar-refractivity contribution >= 4 is 40.1 Å². The zero-order valence-electron chi connectivity index (χ0n) is 19.3. The number of anilines is 1. The minimum Gasteiger partial charge on any atom is -0.488 e. The Balaban J connectivity index is 1.38. The fraction of sp³-hybridized carbons (Fsp3) is 0.160. The zero-order valence-corrected chi connectivity index (χ0v) is 20.1. The van der Waals surface area contributed by atoms with E-state index < -0.39 is 17.5 Å². The third-order valence-electron chi connectivity index (χ3n) is 5.42. The van der Waals surface area contributed by atoms with Gasteiger partial charge in [-0.3, -0.25) is 10.1 Å². The van der Waals surface area contributed by atoms with Crippen molar-refractivity contribution in [2.24, 2.45) is 0 Å². The monoisotopic (exact) mass is 510 g/mol. The number of nitrogens with one attached hydrogen (secondary N) is 2. The first kappa shape index (κ1) is 23.7. The van der Waals surface area contributed by atoms with E-state index in [0.717, 1.165) is 5.56 Å². The average Bonchev–Trinajstić information content (AvgIpc) is 3.41. The summed E-state index contributed by atoms with van der Waals surface area (Å²) in [7, 11) is 3.80. The first-order valence-electron chi connectivity index (χ1n) is 11.0. The summed E-state index contributed by atoms with van der Waals surface area (Å²) in [4.78, 5) is 26.6. The highest BCUT2D eigenvalue weighted by Crippen LogP contribution is 2.28. The van der Waals surface area contributed by atoms with E-state index in [1.54, 1.807) is 24.3 Å². The third kappa shape index (κ3) is 5.00. The maximum Gasteiger partial charge on any atom is 0.278 e. The standard InChI is InChI=1S/C25H21ClF2N6O2/c1-33(2)5-6-36-22-11-18(28)12-34-13-21(29-23(22)34)24(35)32-25-30-19-4-3-14(9-20(19)31-25)15-7-16(26)10-17(27)8-15/h3-4,7-13H,5-6H2,1-2H3,(H2,30,31,32,35). The van der Waals surface area contributed by atoms with Crippen LogP contribution >= 0.6 is 11.6 Å². The van der Waals surface area contributed by atoms with E-state index in [1.165, 1.54) is 35.0 Å². The number of hydrogen-bond acceptors (Lipinski definition) is 5. The normalized spacial score (nSPS) is 11.5. The smallest absolute Gasteiger partial charge is 0.278 e. The second kappa shape index (κ2) is 9.56. The van der Waals surface area contributed by atoms with Crippen LogP contribution in [0.4, 0.5) is 14.7 Å². The molecule has 2 aromatic carbocycles. The van der Waals surface area contributed by atoms with Crippen LogP contribution in [0.2, 0.25) is 5.02 Å². The molecular formula is C25H21ClF2N6O2. The van der Waals surface area contributed by atoms with Gasteiger partial charge in [-0.15, -0.1) is 0 Å². The Hall–Kier alpha value is -4.02. The number of imidazole rings is 2. The van der Waals surface area contributed by atoms with E-state index in [4.69, 9.17) is 16.3 Å². The molecule has 11 heteroatoms. The lowest BCUT2D eigenvalue weighted by Crippen LogP contribution is -2.19. The average molecular weight is 511 g/mol. The van der Waals surface area contributed by atoms with Crippen LogP contribution in [0.25, 0.3) is 27.8 Å². The molecule has 0 unspecified atom stereocenters. The number of fused-ring (bicyclic) bond motifs is 2. The molecule has 0 bridgehead atoms. The Morgan fingerprint density at radius 1 is 1.08 bits per heavy atom. The number of rotatable bonds is 7. The van der Waals surface area contributed by atoms with Gasteiger partial charge in [0.05, 0.1) is 11.0 Å². The van der Waals surface area contributed by atoms with Gasteiger partial charge in [-0.25, -0.2) is 18.7 Å². The van der Waals surface area contributed by atoms with Crippen LogP contribution in [0.5, 0.6) is 5.75 Å². The topological polar surface area (TPSA) is 87.5 Å². The molecule has 2 N–H and O–H groups in total. The van der Waals surface area contributed by atoms with Crippen molar-refractivity contribution in [2.45, 2.75) is 0 Å². The molecule has 36 heavy (non-hydrogen) atoms. The summed E-state index contributed by atoms with van der Waals surface area (Å²) in [5.41, 5.74) is 2.95. The van der Waals surface area contributed by atoms with Crippen LogP contribution in [-0.4, -0.2) is 57.4 Å². The van der Waals surface area contributed by atoms with Gasteiger partial charge >= 0.3 is 0 Å². The number of carbonyl (C=O) groups is 1. The highest BCUT2D eigenvalue weighted by atomic mass is 35.5. The minimum atomic E-state index is -0.533. The summed E-state index contributed by atoms with van der Waals surface area (Å²) in [5.74, 6) is -1.04. The second-order valence-electron chi connectivity index (χ2n) is 8.46. The number of carbonyl (C=O) groups excluding carboxylic acids is 1. The Morgan fingerprint density at radius 3 is 2.69 bits per heavy atom. The number of nitrogens with zero attached hydrogens (tertiary/aromatic N) is 4. The number of aromatic amines is 1. The molecule has 3 heterocycles. The lowest BCUT2D eigenvalue weighted by molar-refractivity contribution is 0.102. The van der Waals surface area contributed by atoms with Gasteiger partial charge in [0.2, 0.25) is 5.95 Å². The van der Waals surface area contributed by atoms with Gasteiger partial charge in [-0.1, -0.05) is 17.7 Å². The molecule has 0 saturated heterocycles. The van der Waals surface area contributed by atoms with Gasteiger partial charge in [0.1, 0.15) is 23.9 Å². The third-order valence-corrected chi connectivity index (χ3v) is 5.64. The van der Waals surface area contributed by atoms with Gasteiger partial charge in [0.15, 0.2) is 11.4 Å². The number of ether oxygens (including phenoxy) is 1. The maximum absolute atomic E-state index is 14.1. The maximum atomic E-state index is 14.1. The van der Waals surface area contributed by atoms with Crippen molar-refractivity contribution in [3.63, 3.8) is 0 Å². The summed E-state index contributed by atoms with van der Waals surface area (Å²) in [6, 6.07) is 10.8. The number of halogens is 3. The molecule has 3 aromatic heterocycles. The first-order chi connectivity index (χ1) is 17.2. The number of amides is 1. The Kier molecular flexibility index (Phi) is 6.29. The molecular weight excluding hydrogens is 490 g/mol. The quantitative estimate of drug-likeness (QED) is 0.322. The molecule has 5 aromatic rings. The summed E-state index contributed by atoms with van der Waals surface area (Å²) in [6.45, 7) is 0.972. The summed E-state index contributed by atoms with van der Waals surface area (Å²) in [5, 5.41) is 2.96. The van der Waals surface area contributed by atoms with Crippen LogP contribution in [-0.2, 0) is 0 Å². The van der Waals surface area contributed by atoms with Crippen LogP contribution in [0.3, 0.4) is 0 Å². The molecule has 1 amide bonds. The van der Waals surface area contributed by atoms with E-state index >= 15 is 0 Å². The molecule has 184 valence electrons. The molecule has 0 saturated carbocycles. The minimum absolute atomic E-state index is 0.0635. The van der Waals surface area contributed by atoms with E-state index in [9.17, 15) is 13.6 Å². The molecule has 0 fully saturated rings. The fourth-order valence-corrected chi connectivity index (χ4v) is 3.95. The predicted molar refractivity (Wildman–Crippen MR) is 134 cm³/mol. The van der Waals surface area contributed by atoms with Crippen molar-refractivity contribution in [1.82, 2.24) is 24.3 Å². The van der Waals surface area contributed by atoms with Crippen LogP contribution in [0.1, 0.15) is 10.5 Å². The van der Waals surface area contributed by atoms with Gasteiger partial charge in [-0.05, 0) is 55.6 Å². The number of benzene rings is 2. The van der Waals surface area contributed by atoms with Gasteiger partial charge in [0, 0.05) is 30.0 Å². The number of aromatic nitrogens is 4.